The Labute approximate surface area is 172 Å². The average Bonchev–Trinajstić information content (AvgIpc) is 3.38. The molecule has 0 aliphatic carbocycles. The molecule has 0 saturated carbocycles. The van der Waals surface area contributed by atoms with Crippen LogP contribution in [0.3, 0.4) is 0 Å². The first-order chi connectivity index (χ1) is 14.1. The summed E-state index contributed by atoms with van der Waals surface area (Å²) in [6, 6.07) is 15.1. The summed E-state index contributed by atoms with van der Waals surface area (Å²) in [7, 11) is 0. The van der Waals surface area contributed by atoms with Gasteiger partial charge in [0.2, 0.25) is 5.91 Å². The summed E-state index contributed by atoms with van der Waals surface area (Å²) in [6.07, 6.45) is 1.49. The first kappa shape index (κ1) is 20.3. The molecular weight excluding hydrogens is 386 g/mol. The molecule has 29 heavy (non-hydrogen) atoms. The van der Waals surface area contributed by atoms with Gasteiger partial charge in [-0.25, -0.2) is 4.68 Å². The molecule has 2 heterocycles. The summed E-state index contributed by atoms with van der Waals surface area (Å²) >= 11 is 1.38. The maximum absolute atomic E-state index is 11.9. The molecular formula is C21H21N5O2S. The zero-order chi connectivity index (χ0) is 20.6. The molecule has 0 radical (unpaired) electrons. The van der Waals surface area contributed by atoms with Crippen molar-refractivity contribution in [2.24, 2.45) is 0 Å². The van der Waals surface area contributed by atoms with Crippen LogP contribution in [0.4, 0.5) is 5.82 Å². The standard InChI is InChI=1S/C21H21N5O2S/c22-14-16-17(25-26(21(16)23)15-6-2-1-3-7-15)8-4-12-24-20(28)11-10-18(27)19-9-5-13-29-19/h1-3,5-7,9,13H,4,8,10-12,23H2,(H,24,28). The number of rotatable bonds is 9. The van der Waals surface area contributed by atoms with Gasteiger partial charge in [-0.1, -0.05) is 24.3 Å². The number of carbonyl (C=O) groups is 2. The van der Waals surface area contributed by atoms with E-state index < -0.39 is 0 Å². The molecule has 7 nitrogen and oxygen atoms in total. The van der Waals surface area contributed by atoms with Crippen molar-refractivity contribution >= 4 is 28.8 Å². The number of amides is 1. The fraction of sp³-hybridized carbons (Fsp3) is 0.238. The van der Waals surface area contributed by atoms with Gasteiger partial charge in [0.15, 0.2) is 5.78 Å². The van der Waals surface area contributed by atoms with Gasteiger partial charge < -0.3 is 11.1 Å². The van der Waals surface area contributed by atoms with Crippen LogP contribution in [0.15, 0.2) is 47.8 Å². The Morgan fingerprint density at radius 3 is 2.66 bits per heavy atom. The third-order valence-electron chi connectivity index (χ3n) is 4.39. The van der Waals surface area contributed by atoms with Gasteiger partial charge in [0, 0.05) is 19.4 Å². The van der Waals surface area contributed by atoms with Crippen LogP contribution in [0.1, 0.15) is 40.2 Å². The normalized spacial score (nSPS) is 10.4. The predicted molar refractivity (Wildman–Crippen MR) is 112 cm³/mol. The zero-order valence-corrected chi connectivity index (χ0v) is 16.6. The molecule has 148 valence electrons. The Morgan fingerprint density at radius 1 is 1.17 bits per heavy atom. The van der Waals surface area contributed by atoms with Crippen LogP contribution in [0.2, 0.25) is 0 Å². The summed E-state index contributed by atoms with van der Waals surface area (Å²) in [5.74, 6) is 0.130. The monoisotopic (exact) mass is 407 g/mol. The van der Waals surface area contributed by atoms with Gasteiger partial charge in [-0.15, -0.1) is 11.3 Å². The van der Waals surface area contributed by atoms with Crippen LogP contribution < -0.4 is 11.1 Å². The van der Waals surface area contributed by atoms with Gasteiger partial charge in [0.05, 0.1) is 16.3 Å². The van der Waals surface area contributed by atoms with E-state index in [9.17, 15) is 14.9 Å². The number of nitrogens with zero attached hydrogens (tertiary/aromatic N) is 3. The number of hydrogen-bond acceptors (Lipinski definition) is 6. The lowest BCUT2D eigenvalue weighted by Crippen LogP contribution is -2.25. The second-order valence-electron chi connectivity index (χ2n) is 6.42. The van der Waals surface area contributed by atoms with Crippen LogP contribution in [0, 0.1) is 11.3 Å². The number of Topliss-reactive ketones (excluding diaryl/α,β-unsaturated/α-hetero) is 1. The van der Waals surface area contributed by atoms with Crippen molar-refractivity contribution in [2.75, 3.05) is 12.3 Å². The van der Waals surface area contributed by atoms with Crippen molar-refractivity contribution in [3.63, 3.8) is 0 Å². The summed E-state index contributed by atoms with van der Waals surface area (Å²) in [6.45, 7) is 0.439. The summed E-state index contributed by atoms with van der Waals surface area (Å²) in [4.78, 5) is 24.5. The number of nitrogens with one attached hydrogen (secondary N) is 1. The van der Waals surface area contributed by atoms with E-state index in [1.165, 1.54) is 11.3 Å². The fourth-order valence-electron chi connectivity index (χ4n) is 2.90. The first-order valence-electron chi connectivity index (χ1n) is 9.26. The van der Waals surface area contributed by atoms with Crippen molar-refractivity contribution < 1.29 is 9.59 Å². The molecule has 3 aromatic rings. The van der Waals surface area contributed by atoms with Gasteiger partial charge >= 0.3 is 0 Å². The Morgan fingerprint density at radius 2 is 1.97 bits per heavy atom. The lowest BCUT2D eigenvalue weighted by molar-refractivity contribution is -0.121. The maximum atomic E-state index is 11.9. The van der Waals surface area contributed by atoms with Crippen molar-refractivity contribution in [3.8, 4) is 11.8 Å². The summed E-state index contributed by atoms with van der Waals surface area (Å²) in [5, 5.41) is 18.5. The smallest absolute Gasteiger partial charge is 0.220 e. The molecule has 0 aliphatic heterocycles. The Bertz CT molecular complexity index is 1020. The SMILES string of the molecule is N#Cc1c(CCCNC(=O)CCC(=O)c2cccs2)nn(-c2ccccc2)c1N. The Hall–Kier alpha value is -3.44. The highest BCUT2D eigenvalue weighted by molar-refractivity contribution is 7.12. The van der Waals surface area contributed by atoms with Gasteiger partial charge in [0.25, 0.3) is 0 Å². The fourth-order valence-corrected chi connectivity index (χ4v) is 3.60. The second kappa shape index (κ2) is 9.66. The Balaban J connectivity index is 1.48. The highest BCUT2D eigenvalue weighted by Crippen LogP contribution is 2.21. The molecule has 3 N–H and O–H groups in total. The molecule has 3 rings (SSSR count). The van der Waals surface area contributed by atoms with E-state index in [0.29, 0.717) is 41.3 Å². The maximum Gasteiger partial charge on any atom is 0.220 e. The molecule has 0 aliphatic rings. The van der Waals surface area contributed by atoms with Gasteiger partial charge in [-0.05, 0) is 36.4 Å². The molecule has 0 saturated heterocycles. The second-order valence-corrected chi connectivity index (χ2v) is 7.37. The number of thiophene rings is 1. The van der Waals surface area contributed by atoms with Crippen LogP contribution in [-0.2, 0) is 11.2 Å². The summed E-state index contributed by atoms with van der Waals surface area (Å²) < 4.78 is 1.56. The minimum absolute atomic E-state index is 0.0178. The summed E-state index contributed by atoms with van der Waals surface area (Å²) in [5.41, 5.74) is 7.84. The molecule has 0 atom stereocenters. The number of aromatic nitrogens is 2. The topological polar surface area (TPSA) is 114 Å². The quantitative estimate of drug-likeness (QED) is 0.418. The third kappa shape index (κ3) is 5.09. The van der Waals surface area contributed by atoms with E-state index in [0.717, 1.165) is 5.69 Å². The van der Waals surface area contributed by atoms with E-state index >= 15 is 0 Å². The minimum Gasteiger partial charge on any atom is -0.382 e. The number of hydrogen-bond donors (Lipinski definition) is 2. The number of benzene rings is 1. The predicted octanol–water partition coefficient (Wildman–Crippen LogP) is 3.10. The molecule has 0 fully saturated rings. The average molecular weight is 407 g/mol. The molecule has 0 spiro atoms. The van der Waals surface area contributed by atoms with Crippen LogP contribution in [0.25, 0.3) is 5.69 Å². The first-order valence-corrected chi connectivity index (χ1v) is 10.1. The minimum atomic E-state index is -0.162. The molecule has 0 bridgehead atoms. The Kier molecular flexibility index (Phi) is 6.76. The van der Waals surface area contributed by atoms with Crippen molar-refractivity contribution in [3.05, 3.63) is 64.0 Å². The number of aryl methyl sites for hydroxylation is 1. The zero-order valence-electron chi connectivity index (χ0n) is 15.8. The van der Waals surface area contributed by atoms with Gasteiger partial charge in [-0.2, -0.15) is 10.4 Å². The molecule has 1 amide bonds. The lowest BCUT2D eigenvalue weighted by Gasteiger charge is -2.04. The number of nitrogen functional groups attached to an aromatic ring is 1. The highest BCUT2D eigenvalue weighted by Gasteiger charge is 2.16. The molecule has 2 aromatic heterocycles. The van der Waals surface area contributed by atoms with E-state index in [-0.39, 0.29) is 24.5 Å². The highest BCUT2D eigenvalue weighted by atomic mass is 32.1. The van der Waals surface area contributed by atoms with E-state index in [2.05, 4.69) is 16.5 Å². The van der Waals surface area contributed by atoms with Gasteiger partial charge in [-0.3, -0.25) is 9.59 Å². The van der Waals surface area contributed by atoms with Crippen LogP contribution in [0.5, 0.6) is 0 Å². The third-order valence-corrected chi connectivity index (χ3v) is 5.30. The number of ketones is 1. The van der Waals surface area contributed by atoms with E-state index in [1.807, 2.05) is 41.8 Å². The van der Waals surface area contributed by atoms with Crippen LogP contribution in [-0.4, -0.2) is 28.0 Å². The number of carbonyl (C=O) groups excluding carboxylic acids is 2. The van der Waals surface area contributed by atoms with Crippen molar-refractivity contribution in [2.45, 2.75) is 25.7 Å². The van der Waals surface area contributed by atoms with Gasteiger partial charge in [0.1, 0.15) is 17.5 Å². The van der Waals surface area contributed by atoms with E-state index in [1.54, 1.807) is 10.7 Å². The molecule has 0 unspecified atom stereocenters. The number of nitrogens with two attached hydrogens (primary N) is 1. The van der Waals surface area contributed by atoms with Crippen LogP contribution >= 0.6 is 11.3 Å². The number of nitriles is 1. The molecule has 8 heteroatoms. The molecule has 1 aromatic carbocycles. The number of anilines is 1. The lowest BCUT2D eigenvalue weighted by atomic mass is 10.1. The largest absolute Gasteiger partial charge is 0.382 e. The number of para-hydroxylation sites is 1. The van der Waals surface area contributed by atoms with Crippen molar-refractivity contribution in [1.29, 1.82) is 5.26 Å². The van der Waals surface area contributed by atoms with Crippen molar-refractivity contribution in [1.82, 2.24) is 15.1 Å². The van der Waals surface area contributed by atoms with E-state index in [4.69, 9.17) is 5.73 Å².